The molecular formula is C5H8NO3. The number of nitrogens with one attached hydrogen (secondary N) is 1. The molecule has 51 valence electrons. The minimum absolute atomic E-state index is 0.197. The maximum Gasteiger partial charge on any atom is 0.354 e. The molecule has 0 unspecified atom stereocenters. The molecule has 0 saturated carbocycles. The fourth-order valence-corrected chi connectivity index (χ4v) is 0.899. The number of carboxylic acid groups (broad SMARTS) is 1. The molecule has 4 heteroatoms. The smallest absolute Gasteiger partial charge is 0.354 e. The minimum Gasteiger partial charge on any atom is -0.478 e. The Hall–Kier alpha value is -0.610. The Bertz CT molecular complexity index is 128. The molecule has 0 aliphatic carbocycles. The summed E-state index contributed by atoms with van der Waals surface area (Å²) >= 11 is 0. The molecule has 1 fully saturated rings. The predicted molar refractivity (Wildman–Crippen MR) is 28.3 cm³/mol. The molecule has 0 spiro atoms. The quantitative estimate of drug-likeness (QED) is 0.506. The van der Waals surface area contributed by atoms with Crippen LogP contribution in [-0.4, -0.2) is 23.3 Å². The van der Waals surface area contributed by atoms with Crippen LogP contribution in [-0.2, 0) is 9.90 Å². The van der Waals surface area contributed by atoms with Crippen molar-refractivity contribution in [2.24, 2.45) is 0 Å². The molecular weight excluding hydrogens is 122 g/mol. The third kappa shape index (κ3) is 1.04. The Balaban J connectivity index is 2.61. The van der Waals surface area contributed by atoms with Gasteiger partial charge in [0.05, 0.1) is 0 Å². The lowest BCUT2D eigenvalue weighted by molar-refractivity contribution is -0.168. The van der Waals surface area contributed by atoms with Crippen LogP contribution >= 0.6 is 0 Å². The van der Waals surface area contributed by atoms with E-state index in [-0.39, 0.29) is 6.42 Å². The van der Waals surface area contributed by atoms with Crippen molar-refractivity contribution < 1.29 is 15.0 Å². The van der Waals surface area contributed by atoms with Crippen LogP contribution in [0.4, 0.5) is 0 Å². The van der Waals surface area contributed by atoms with Crippen molar-refractivity contribution in [2.45, 2.75) is 18.6 Å². The summed E-state index contributed by atoms with van der Waals surface area (Å²) in [4.78, 5) is 10.1. The molecule has 0 amide bonds. The Morgan fingerprint density at radius 1 is 1.67 bits per heavy atom. The van der Waals surface area contributed by atoms with Crippen molar-refractivity contribution in [1.29, 1.82) is 0 Å². The lowest BCUT2D eigenvalue weighted by atomic mass is 10.2. The fourth-order valence-electron chi connectivity index (χ4n) is 0.899. The van der Waals surface area contributed by atoms with E-state index in [1.807, 2.05) is 0 Å². The van der Waals surface area contributed by atoms with Crippen molar-refractivity contribution in [3.8, 4) is 0 Å². The minimum atomic E-state index is -1.89. The first-order valence-electron chi connectivity index (χ1n) is 2.84. The van der Waals surface area contributed by atoms with Crippen LogP contribution in [0.3, 0.4) is 0 Å². The molecule has 1 heterocycles. The van der Waals surface area contributed by atoms with Gasteiger partial charge in [-0.15, -0.1) is 0 Å². The fraction of sp³-hybridized carbons (Fsp3) is 0.800. The molecule has 4 nitrogen and oxygen atoms in total. The largest absolute Gasteiger partial charge is 0.478 e. The van der Waals surface area contributed by atoms with E-state index < -0.39 is 11.7 Å². The number of carbonyl (C=O) groups is 1. The van der Waals surface area contributed by atoms with Crippen LogP contribution < -0.4 is 5.32 Å². The second kappa shape index (κ2) is 1.97. The summed E-state index contributed by atoms with van der Waals surface area (Å²) in [5.41, 5.74) is -1.89. The molecule has 0 aromatic rings. The van der Waals surface area contributed by atoms with Gasteiger partial charge in [0.25, 0.3) is 5.72 Å². The van der Waals surface area contributed by atoms with Crippen molar-refractivity contribution in [3.63, 3.8) is 0 Å². The predicted octanol–water partition coefficient (Wildman–Crippen LogP) is -0.419. The first-order valence-corrected chi connectivity index (χ1v) is 2.84. The molecule has 0 bridgehead atoms. The average Bonchev–Trinajstić information content (AvgIpc) is 2.16. The van der Waals surface area contributed by atoms with E-state index in [1.54, 1.807) is 0 Å². The van der Waals surface area contributed by atoms with E-state index in [1.165, 1.54) is 0 Å². The van der Waals surface area contributed by atoms with E-state index in [0.29, 0.717) is 13.0 Å². The number of rotatable bonds is 1. The standard InChI is InChI=1S/C5H8NO3/c7-4(8)5(9)2-1-3-6-5/h6H,1-3H2,(H,7,8)/t5-/m0/s1. The number of hydrogen-bond acceptors (Lipinski definition) is 2. The third-order valence-corrected chi connectivity index (χ3v) is 1.46. The highest BCUT2D eigenvalue weighted by Crippen LogP contribution is 2.15. The van der Waals surface area contributed by atoms with Gasteiger partial charge >= 0.3 is 5.97 Å². The van der Waals surface area contributed by atoms with Crippen molar-refractivity contribution in [3.05, 3.63) is 0 Å². The van der Waals surface area contributed by atoms with E-state index in [2.05, 4.69) is 5.32 Å². The molecule has 1 saturated heterocycles. The second-order valence-corrected chi connectivity index (χ2v) is 2.16. The van der Waals surface area contributed by atoms with Gasteiger partial charge in [-0.25, -0.2) is 4.79 Å². The number of aliphatic carboxylic acids is 1. The third-order valence-electron chi connectivity index (χ3n) is 1.46. The lowest BCUT2D eigenvalue weighted by Gasteiger charge is -2.12. The van der Waals surface area contributed by atoms with Crippen LogP contribution in [0.25, 0.3) is 0 Å². The van der Waals surface area contributed by atoms with Gasteiger partial charge in [-0.1, -0.05) is 0 Å². The van der Waals surface area contributed by atoms with Gasteiger partial charge in [-0.05, 0) is 13.0 Å². The van der Waals surface area contributed by atoms with Gasteiger partial charge < -0.3 is 5.11 Å². The summed E-state index contributed by atoms with van der Waals surface area (Å²) in [5, 5.41) is 21.6. The van der Waals surface area contributed by atoms with Gasteiger partial charge in [-0.3, -0.25) is 5.32 Å². The summed E-state index contributed by atoms with van der Waals surface area (Å²) in [6, 6.07) is 0. The van der Waals surface area contributed by atoms with Crippen molar-refractivity contribution >= 4 is 5.97 Å². The Morgan fingerprint density at radius 2 is 2.33 bits per heavy atom. The lowest BCUT2D eigenvalue weighted by Crippen LogP contribution is -2.45. The van der Waals surface area contributed by atoms with Crippen LogP contribution in [0.15, 0.2) is 0 Å². The maximum atomic E-state index is 10.9. The molecule has 1 aliphatic heterocycles. The van der Waals surface area contributed by atoms with Gasteiger partial charge in [0, 0.05) is 6.42 Å². The van der Waals surface area contributed by atoms with Gasteiger partial charge in [0.15, 0.2) is 0 Å². The summed E-state index contributed by atoms with van der Waals surface area (Å²) in [6.07, 6.45) is 0.859. The van der Waals surface area contributed by atoms with E-state index >= 15 is 0 Å². The summed E-state index contributed by atoms with van der Waals surface area (Å²) in [6.45, 7) is 0.524. The topological polar surface area (TPSA) is 69.2 Å². The molecule has 2 N–H and O–H groups in total. The van der Waals surface area contributed by atoms with Crippen LogP contribution in [0.1, 0.15) is 12.8 Å². The Morgan fingerprint density at radius 3 is 2.56 bits per heavy atom. The Kier molecular flexibility index (Phi) is 1.42. The molecule has 0 aromatic carbocycles. The van der Waals surface area contributed by atoms with Gasteiger partial charge in [0.1, 0.15) is 0 Å². The zero-order valence-electron chi connectivity index (χ0n) is 4.89. The van der Waals surface area contributed by atoms with Gasteiger partial charge in [0.2, 0.25) is 0 Å². The van der Waals surface area contributed by atoms with E-state index in [9.17, 15) is 9.90 Å². The Labute approximate surface area is 52.5 Å². The van der Waals surface area contributed by atoms with E-state index in [4.69, 9.17) is 5.11 Å². The highest BCUT2D eigenvalue weighted by Gasteiger charge is 2.40. The zero-order chi connectivity index (χ0) is 6.91. The highest BCUT2D eigenvalue weighted by molar-refractivity contribution is 5.76. The molecule has 0 aromatic heterocycles. The van der Waals surface area contributed by atoms with Crippen LogP contribution in [0.5, 0.6) is 0 Å². The average molecular weight is 130 g/mol. The highest BCUT2D eigenvalue weighted by atomic mass is 16.4. The first kappa shape index (κ1) is 6.51. The molecule has 1 radical (unpaired) electrons. The molecule has 9 heavy (non-hydrogen) atoms. The summed E-state index contributed by atoms with van der Waals surface area (Å²) in [7, 11) is 0. The number of hydrogen-bond donors (Lipinski definition) is 2. The monoisotopic (exact) mass is 130 g/mol. The van der Waals surface area contributed by atoms with Gasteiger partial charge in [-0.2, -0.15) is 5.11 Å². The zero-order valence-corrected chi connectivity index (χ0v) is 4.89. The van der Waals surface area contributed by atoms with Crippen LogP contribution in [0, 0.1) is 0 Å². The van der Waals surface area contributed by atoms with Crippen LogP contribution in [0.2, 0.25) is 0 Å². The summed E-state index contributed by atoms with van der Waals surface area (Å²) in [5.74, 6) is -1.29. The molecule has 1 rings (SSSR count). The molecule has 1 atom stereocenters. The normalized spacial score (nSPS) is 34.8. The van der Waals surface area contributed by atoms with E-state index in [0.717, 1.165) is 0 Å². The van der Waals surface area contributed by atoms with Crippen molar-refractivity contribution in [1.82, 2.24) is 5.32 Å². The maximum absolute atomic E-state index is 10.9. The van der Waals surface area contributed by atoms with Crippen molar-refractivity contribution in [2.75, 3.05) is 6.54 Å². The number of carboxylic acids is 1. The SMILES string of the molecule is [O][C@]1(C(=O)O)CCCN1. The first-order chi connectivity index (χ1) is 4.15. The second-order valence-electron chi connectivity index (χ2n) is 2.16. The summed E-state index contributed by atoms with van der Waals surface area (Å²) < 4.78 is 0. The molecule has 1 aliphatic rings.